The van der Waals surface area contributed by atoms with Crippen LogP contribution in [-0.4, -0.2) is 39.5 Å². The minimum atomic E-state index is -1.21. The molecule has 1 aromatic heterocycles. The van der Waals surface area contributed by atoms with E-state index in [4.69, 9.17) is 28.3 Å². The van der Waals surface area contributed by atoms with E-state index in [9.17, 15) is 9.18 Å². The van der Waals surface area contributed by atoms with Gasteiger partial charge in [-0.05, 0) is 0 Å². The molecule has 0 saturated carbocycles. The first-order valence-corrected chi connectivity index (χ1v) is 5.21. The van der Waals surface area contributed by atoms with Crippen LogP contribution in [0.1, 0.15) is 0 Å². The number of hydrogen-bond donors (Lipinski definition) is 1. The summed E-state index contributed by atoms with van der Waals surface area (Å²) < 4.78 is 17.9. The topological polar surface area (TPSA) is 59.4 Å². The van der Waals surface area contributed by atoms with Gasteiger partial charge in [0, 0.05) is 0 Å². The summed E-state index contributed by atoms with van der Waals surface area (Å²) in [5, 5.41) is 8.08. The molecule has 1 aromatic rings. The predicted octanol–water partition coefficient (Wildman–Crippen LogP) is 0.785. The summed E-state index contributed by atoms with van der Waals surface area (Å²) in [4.78, 5) is 13.5. The van der Waals surface area contributed by atoms with Gasteiger partial charge in [-0.2, -0.15) is 0 Å². The Balaban J connectivity index is 3.04. The Kier molecular flexibility index (Phi) is 4.20. The molecule has 4 nitrogen and oxygen atoms in total. The Hall–Kier alpha value is -0.512. The summed E-state index contributed by atoms with van der Waals surface area (Å²) >= 11 is 13.2. The molecule has 0 spiro atoms. The summed E-state index contributed by atoms with van der Waals surface area (Å²) in [6.07, 6.45) is 0. The van der Waals surface area contributed by atoms with Crippen molar-refractivity contribution in [1.29, 1.82) is 0 Å². The summed E-state index contributed by atoms with van der Waals surface area (Å²) in [6, 6.07) is 0. The number of nitrogens with zero attached hydrogens (tertiary/aromatic N) is 1. The third-order valence-electron chi connectivity index (χ3n) is 1.32. The SMILES string of the molecule is O=C(O)COc1nc(F)c(Cl)c([As])c1Cl. The van der Waals surface area contributed by atoms with Gasteiger partial charge in [0.25, 0.3) is 0 Å². The summed E-state index contributed by atoms with van der Waals surface area (Å²) in [5.74, 6) is -2.47. The van der Waals surface area contributed by atoms with Crippen LogP contribution < -0.4 is 9.09 Å². The summed E-state index contributed by atoms with van der Waals surface area (Å²) in [7, 11) is 0. The fourth-order valence-electron chi connectivity index (χ4n) is 0.708. The molecule has 0 fully saturated rings. The van der Waals surface area contributed by atoms with Crippen molar-refractivity contribution in [2.45, 2.75) is 0 Å². The first kappa shape index (κ1) is 12.6. The van der Waals surface area contributed by atoms with Gasteiger partial charge in [-0.1, -0.05) is 0 Å². The number of aromatic nitrogens is 1. The van der Waals surface area contributed by atoms with E-state index in [-0.39, 0.29) is 20.3 Å². The summed E-state index contributed by atoms with van der Waals surface area (Å²) in [6.45, 7) is -0.653. The van der Waals surface area contributed by atoms with Crippen molar-refractivity contribution in [1.82, 2.24) is 4.98 Å². The van der Waals surface area contributed by atoms with Gasteiger partial charge in [0.05, 0.1) is 0 Å². The maximum atomic E-state index is 13.0. The van der Waals surface area contributed by atoms with Crippen LogP contribution in [0.2, 0.25) is 10.0 Å². The molecule has 2 radical (unpaired) electrons. The van der Waals surface area contributed by atoms with Gasteiger partial charge in [-0.3, -0.25) is 0 Å². The van der Waals surface area contributed by atoms with Gasteiger partial charge in [-0.25, -0.2) is 0 Å². The second-order valence-corrected chi connectivity index (χ2v) is 4.06. The van der Waals surface area contributed by atoms with Crippen LogP contribution in [0.4, 0.5) is 4.39 Å². The number of hydrogen-bond acceptors (Lipinski definition) is 3. The maximum absolute atomic E-state index is 13.0. The third kappa shape index (κ3) is 2.97. The fourth-order valence-corrected chi connectivity index (χ4v) is 1.48. The van der Waals surface area contributed by atoms with Crippen molar-refractivity contribution in [2.24, 2.45) is 0 Å². The number of carboxylic acids is 1. The molecule has 0 aliphatic rings. The number of carboxylic acid groups (broad SMARTS) is 1. The number of carbonyl (C=O) groups is 1. The van der Waals surface area contributed by atoms with Gasteiger partial charge in [-0.15, -0.1) is 0 Å². The van der Waals surface area contributed by atoms with Crippen LogP contribution in [0.3, 0.4) is 0 Å². The number of aliphatic carboxylic acids is 1. The Morgan fingerprint density at radius 1 is 1.53 bits per heavy atom. The normalized spacial score (nSPS) is 10.1. The first-order valence-electron chi connectivity index (χ1n) is 3.51. The molecule has 1 rings (SSSR count). The molecule has 0 unspecified atom stereocenters. The molecular weight excluding hydrogens is 311 g/mol. The van der Waals surface area contributed by atoms with Crippen LogP contribution in [0.15, 0.2) is 0 Å². The van der Waals surface area contributed by atoms with Crippen molar-refractivity contribution in [3.05, 3.63) is 16.0 Å². The number of rotatable bonds is 3. The molecule has 80 valence electrons. The zero-order valence-corrected chi connectivity index (χ0v) is 10.4. The van der Waals surface area contributed by atoms with E-state index in [1.807, 2.05) is 16.9 Å². The minimum absolute atomic E-state index is 0.0253. The van der Waals surface area contributed by atoms with Gasteiger partial charge >= 0.3 is 103 Å². The van der Waals surface area contributed by atoms with Crippen LogP contribution in [0, 0.1) is 5.95 Å². The predicted molar refractivity (Wildman–Crippen MR) is 52.7 cm³/mol. The number of ether oxygens (including phenoxy) is 1. The van der Waals surface area contributed by atoms with Crippen molar-refractivity contribution in [3.63, 3.8) is 0 Å². The van der Waals surface area contributed by atoms with Crippen LogP contribution in [0.5, 0.6) is 5.88 Å². The van der Waals surface area contributed by atoms with Gasteiger partial charge in [0.2, 0.25) is 0 Å². The van der Waals surface area contributed by atoms with E-state index in [1.54, 1.807) is 0 Å². The quantitative estimate of drug-likeness (QED) is 0.662. The van der Waals surface area contributed by atoms with Gasteiger partial charge in [0.1, 0.15) is 0 Å². The molecule has 0 aliphatic carbocycles. The van der Waals surface area contributed by atoms with Crippen molar-refractivity contribution >= 4 is 50.4 Å². The fraction of sp³-hybridized carbons (Fsp3) is 0.143. The van der Waals surface area contributed by atoms with E-state index < -0.39 is 18.5 Å². The average molecular weight is 314 g/mol. The molecule has 0 saturated heterocycles. The van der Waals surface area contributed by atoms with E-state index in [2.05, 4.69) is 9.72 Å². The molecule has 0 atom stereocenters. The Bertz CT molecular complexity index is 416. The molecule has 0 aliphatic heterocycles. The molecule has 0 amide bonds. The standard InChI is InChI=1S/C7H3AsCl2FNO3/c8-3-4(9)6(11)12-7(5(3)10)15-1-2(13)14/h1H2,(H,13,14). The molecule has 8 heteroatoms. The molecule has 1 heterocycles. The molecular formula is C7H3AsCl2FNO3. The number of halogens is 3. The van der Waals surface area contributed by atoms with Gasteiger partial charge in [0.15, 0.2) is 0 Å². The van der Waals surface area contributed by atoms with E-state index in [1.165, 1.54) is 0 Å². The molecule has 0 aromatic carbocycles. The zero-order valence-electron chi connectivity index (χ0n) is 7.00. The monoisotopic (exact) mass is 313 g/mol. The van der Waals surface area contributed by atoms with Crippen molar-refractivity contribution in [3.8, 4) is 5.88 Å². The van der Waals surface area contributed by atoms with Crippen LogP contribution in [-0.2, 0) is 4.79 Å². The second kappa shape index (κ2) is 5.01. The van der Waals surface area contributed by atoms with Crippen LogP contribution in [0.25, 0.3) is 0 Å². The number of pyridine rings is 1. The second-order valence-electron chi connectivity index (χ2n) is 2.37. The Morgan fingerprint density at radius 3 is 2.67 bits per heavy atom. The molecule has 15 heavy (non-hydrogen) atoms. The molecule has 1 N–H and O–H groups in total. The Labute approximate surface area is 103 Å². The van der Waals surface area contributed by atoms with E-state index >= 15 is 0 Å². The average Bonchev–Trinajstić information content (AvgIpc) is 2.18. The first-order chi connectivity index (χ1) is 6.93. The third-order valence-corrected chi connectivity index (χ3v) is 3.53. The van der Waals surface area contributed by atoms with Crippen molar-refractivity contribution < 1.29 is 19.0 Å². The van der Waals surface area contributed by atoms with E-state index in [0.29, 0.717) is 0 Å². The van der Waals surface area contributed by atoms with Gasteiger partial charge < -0.3 is 0 Å². The van der Waals surface area contributed by atoms with Crippen LogP contribution >= 0.6 is 23.2 Å². The molecule has 0 bridgehead atoms. The Morgan fingerprint density at radius 2 is 2.13 bits per heavy atom. The van der Waals surface area contributed by atoms with Crippen molar-refractivity contribution in [2.75, 3.05) is 6.61 Å². The zero-order chi connectivity index (χ0) is 11.6. The summed E-state index contributed by atoms with van der Waals surface area (Å²) in [5.41, 5.74) is 0. The van der Waals surface area contributed by atoms with E-state index in [0.717, 1.165) is 0 Å².